The molecule has 0 rings (SSSR count). The first kappa shape index (κ1) is 13.8. The highest BCUT2D eigenvalue weighted by atomic mass is 32.2. The molecule has 0 saturated carbocycles. The summed E-state index contributed by atoms with van der Waals surface area (Å²) in [6, 6.07) is 0. The van der Waals surface area contributed by atoms with E-state index in [9.17, 15) is 8.42 Å². The number of hydrogen-bond acceptors (Lipinski definition) is 4. The van der Waals surface area contributed by atoms with Crippen LogP contribution in [0.1, 0.15) is 13.3 Å². The van der Waals surface area contributed by atoms with Crippen LogP contribution in [0.3, 0.4) is 0 Å². The van der Waals surface area contributed by atoms with Gasteiger partial charge in [0, 0.05) is 19.3 Å². The molecule has 0 atom stereocenters. The maximum absolute atomic E-state index is 10.9. The standard InChI is InChI=1S/C8H18N2O2S2/c1-3-4-10(7-8(9)13)5-6-14(2,11)12/h3-7H2,1-2H3,(H2,9,13). The highest BCUT2D eigenvalue weighted by Crippen LogP contribution is 1.93. The molecule has 0 unspecified atom stereocenters. The lowest BCUT2D eigenvalue weighted by molar-refractivity contribution is 0.330. The molecule has 0 fully saturated rings. The van der Waals surface area contributed by atoms with Gasteiger partial charge < -0.3 is 5.73 Å². The summed E-state index contributed by atoms with van der Waals surface area (Å²) in [7, 11) is -2.90. The smallest absolute Gasteiger partial charge is 0.148 e. The SMILES string of the molecule is CCCN(CCS(C)(=O)=O)CC(N)=S. The molecular formula is C8H18N2O2S2. The van der Waals surface area contributed by atoms with Crippen molar-refractivity contribution in [3.8, 4) is 0 Å². The normalized spacial score (nSPS) is 11.9. The van der Waals surface area contributed by atoms with Gasteiger partial charge in [-0.2, -0.15) is 0 Å². The van der Waals surface area contributed by atoms with Gasteiger partial charge in [-0.15, -0.1) is 0 Å². The molecule has 14 heavy (non-hydrogen) atoms. The summed E-state index contributed by atoms with van der Waals surface area (Å²) in [5.41, 5.74) is 5.40. The van der Waals surface area contributed by atoms with Crippen LogP contribution in [-0.2, 0) is 9.84 Å². The van der Waals surface area contributed by atoms with Gasteiger partial charge in [0.05, 0.1) is 10.7 Å². The van der Waals surface area contributed by atoms with Crippen LogP contribution in [0.5, 0.6) is 0 Å². The molecule has 0 aromatic carbocycles. The largest absolute Gasteiger partial charge is 0.392 e. The zero-order valence-corrected chi connectivity index (χ0v) is 10.3. The fourth-order valence-electron chi connectivity index (χ4n) is 1.10. The molecule has 0 radical (unpaired) electrons. The van der Waals surface area contributed by atoms with Crippen LogP contribution in [0.25, 0.3) is 0 Å². The summed E-state index contributed by atoms with van der Waals surface area (Å²) in [6.45, 7) is 3.86. The monoisotopic (exact) mass is 238 g/mol. The van der Waals surface area contributed by atoms with Crippen molar-refractivity contribution in [3.63, 3.8) is 0 Å². The molecule has 0 amide bonds. The van der Waals surface area contributed by atoms with E-state index in [2.05, 4.69) is 0 Å². The molecule has 6 heteroatoms. The average Bonchev–Trinajstić information content (AvgIpc) is 1.98. The Balaban J connectivity index is 4.03. The first-order chi connectivity index (χ1) is 6.35. The van der Waals surface area contributed by atoms with Crippen LogP contribution < -0.4 is 5.73 Å². The Hall–Kier alpha value is -0.200. The van der Waals surface area contributed by atoms with Gasteiger partial charge in [-0.25, -0.2) is 8.42 Å². The van der Waals surface area contributed by atoms with E-state index in [0.717, 1.165) is 13.0 Å². The summed E-state index contributed by atoms with van der Waals surface area (Å²) in [5.74, 6) is 0.162. The van der Waals surface area contributed by atoms with Gasteiger partial charge in [-0.3, -0.25) is 4.90 Å². The molecule has 0 aliphatic carbocycles. The van der Waals surface area contributed by atoms with E-state index >= 15 is 0 Å². The second-order valence-electron chi connectivity index (χ2n) is 3.37. The van der Waals surface area contributed by atoms with E-state index in [4.69, 9.17) is 18.0 Å². The molecule has 2 N–H and O–H groups in total. The number of thiocarbonyl (C=S) groups is 1. The molecule has 0 spiro atoms. The van der Waals surface area contributed by atoms with Gasteiger partial charge >= 0.3 is 0 Å². The lowest BCUT2D eigenvalue weighted by Gasteiger charge is -2.20. The van der Waals surface area contributed by atoms with Crippen molar-refractivity contribution in [3.05, 3.63) is 0 Å². The zero-order valence-electron chi connectivity index (χ0n) is 8.69. The lowest BCUT2D eigenvalue weighted by atomic mass is 10.4. The second-order valence-corrected chi connectivity index (χ2v) is 6.16. The molecule has 0 saturated heterocycles. The Morgan fingerprint density at radius 2 is 2.00 bits per heavy atom. The molecule has 84 valence electrons. The first-order valence-electron chi connectivity index (χ1n) is 4.53. The summed E-state index contributed by atoms with van der Waals surface area (Å²) in [6.07, 6.45) is 2.20. The van der Waals surface area contributed by atoms with Crippen molar-refractivity contribution < 1.29 is 8.42 Å². The van der Waals surface area contributed by atoms with Crippen LogP contribution in [0.2, 0.25) is 0 Å². The fraction of sp³-hybridized carbons (Fsp3) is 0.875. The predicted octanol–water partition coefficient (Wildman–Crippen LogP) is 0.0291. The summed E-state index contributed by atoms with van der Waals surface area (Å²) >= 11 is 4.78. The van der Waals surface area contributed by atoms with Crippen LogP contribution >= 0.6 is 12.2 Å². The molecule has 0 aliphatic rings. The molecular weight excluding hydrogens is 220 g/mol. The van der Waals surface area contributed by atoms with Crippen molar-refractivity contribution in [2.75, 3.05) is 31.6 Å². The zero-order chi connectivity index (χ0) is 11.2. The van der Waals surface area contributed by atoms with Gasteiger partial charge in [-0.05, 0) is 13.0 Å². The molecule has 0 aromatic rings. The minimum absolute atomic E-state index is 0.162. The van der Waals surface area contributed by atoms with E-state index in [1.165, 1.54) is 6.26 Å². The maximum atomic E-state index is 10.9. The third kappa shape index (κ3) is 8.40. The number of sulfone groups is 1. The number of nitrogens with two attached hydrogens (primary N) is 1. The Bertz CT molecular complexity index is 275. The van der Waals surface area contributed by atoms with Crippen molar-refractivity contribution in [2.24, 2.45) is 5.73 Å². The third-order valence-electron chi connectivity index (χ3n) is 1.70. The van der Waals surface area contributed by atoms with Crippen LogP contribution in [0.4, 0.5) is 0 Å². The topological polar surface area (TPSA) is 63.4 Å². The number of hydrogen-bond donors (Lipinski definition) is 1. The van der Waals surface area contributed by atoms with E-state index in [0.29, 0.717) is 18.1 Å². The van der Waals surface area contributed by atoms with Crippen molar-refractivity contribution in [1.82, 2.24) is 4.90 Å². The van der Waals surface area contributed by atoms with Crippen LogP contribution in [-0.4, -0.2) is 49.9 Å². The molecule has 0 bridgehead atoms. The van der Waals surface area contributed by atoms with E-state index in [1.807, 2.05) is 11.8 Å². The number of nitrogens with zero attached hydrogens (tertiary/aromatic N) is 1. The molecule has 0 aromatic heterocycles. The lowest BCUT2D eigenvalue weighted by Crippen LogP contribution is -2.36. The van der Waals surface area contributed by atoms with Crippen molar-refractivity contribution >= 4 is 27.0 Å². The second kappa shape index (κ2) is 6.31. The van der Waals surface area contributed by atoms with Crippen LogP contribution in [0, 0.1) is 0 Å². The van der Waals surface area contributed by atoms with Gasteiger partial charge in [0.1, 0.15) is 9.84 Å². The summed E-state index contributed by atoms with van der Waals surface area (Å²) in [5, 5.41) is 0. The fourth-order valence-corrected chi connectivity index (χ4v) is 1.87. The minimum Gasteiger partial charge on any atom is -0.392 e. The summed E-state index contributed by atoms with van der Waals surface area (Å²) < 4.78 is 21.9. The van der Waals surface area contributed by atoms with Gasteiger partial charge in [0.15, 0.2) is 0 Å². The van der Waals surface area contributed by atoms with Gasteiger partial charge in [-0.1, -0.05) is 19.1 Å². The quantitative estimate of drug-likeness (QED) is 0.634. The summed E-state index contributed by atoms with van der Waals surface area (Å²) in [4.78, 5) is 2.37. The molecule has 4 nitrogen and oxygen atoms in total. The highest BCUT2D eigenvalue weighted by molar-refractivity contribution is 7.90. The predicted molar refractivity (Wildman–Crippen MR) is 63.2 cm³/mol. The maximum Gasteiger partial charge on any atom is 0.148 e. The van der Waals surface area contributed by atoms with E-state index in [1.54, 1.807) is 0 Å². The minimum atomic E-state index is -2.90. The Kier molecular flexibility index (Phi) is 6.22. The van der Waals surface area contributed by atoms with Crippen LogP contribution in [0.15, 0.2) is 0 Å². The average molecular weight is 238 g/mol. The molecule has 0 aliphatic heterocycles. The third-order valence-corrected chi connectivity index (χ3v) is 2.75. The van der Waals surface area contributed by atoms with E-state index < -0.39 is 9.84 Å². The Labute approximate surface area is 91.4 Å². The van der Waals surface area contributed by atoms with Gasteiger partial charge in [0.25, 0.3) is 0 Å². The van der Waals surface area contributed by atoms with E-state index in [-0.39, 0.29) is 5.75 Å². The Morgan fingerprint density at radius 1 is 1.43 bits per heavy atom. The first-order valence-corrected chi connectivity index (χ1v) is 7.00. The van der Waals surface area contributed by atoms with Crippen molar-refractivity contribution in [1.29, 1.82) is 0 Å². The highest BCUT2D eigenvalue weighted by Gasteiger charge is 2.09. The Morgan fingerprint density at radius 3 is 2.36 bits per heavy atom. The number of rotatable bonds is 7. The molecule has 0 heterocycles. The van der Waals surface area contributed by atoms with Gasteiger partial charge in [0.2, 0.25) is 0 Å². The van der Waals surface area contributed by atoms with Crippen molar-refractivity contribution in [2.45, 2.75) is 13.3 Å².